The number of halogens is 1. The molecule has 1 rings (SSSR count). The predicted molar refractivity (Wildman–Crippen MR) is 57.4 cm³/mol. The second kappa shape index (κ2) is 9.09. The van der Waals surface area contributed by atoms with Gasteiger partial charge in [-0.15, -0.1) is 9.29 Å². The van der Waals surface area contributed by atoms with Crippen LogP contribution in [-0.4, -0.2) is 24.9 Å². The smallest absolute Gasteiger partial charge is 0.850 e. The van der Waals surface area contributed by atoms with Crippen LogP contribution in [0.3, 0.4) is 0 Å². The molecule has 1 aromatic carbocycles. The average molecular weight is 217 g/mol. The monoisotopic (exact) mass is 216 g/mol. The Bertz CT molecular complexity index is 217. The standard InChI is InChI=1S/C6H5.C4H9O.ClH.Li.Mg/c1-2-4-6-5-3-1;1-4(2,3)5;;;/h1-5H;1-3H3;1H;;/q;-1;;2*+1/p-1. The van der Waals surface area contributed by atoms with Gasteiger partial charge in [-0.05, 0) is 0 Å². The molecule has 1 nitrogen and oxygen atoms in total. The van der Waals surface area contributed by atoms with Gasteiger partial charge in [0.1, 0.15) is 0 Å². The van der Waals surface area contributed by atoms with Crippen LogP contribution in [0.15, 0.2) is 30.3 Å². The first kappa shape index (κ1) is 17.2. The molecule has 0 atom stereocenters. The van der Waals surface area contributed by atoms with Crippen LogP contribution in [-0.2, 0) is 0 Å². The third kappa shape index (κ3) is 15.3. The maximum absolute atomic E-state index is 10.1. The molecule has 14 heavy (non-hydrogen) atoms. The Morgan fingerprint density at radius 3 is 1.71 bits per heavy atom. The minimum Gasteiger partial charge on any atom is -0.850 e. The molecule has 0 aliphatic heterocycles. The van der Waals surface area contributed by atoms with E-state index in [2.05, 4.69) is 12.1 Å². The zero-order chi connectivity index (χ0) is 10.3. The van der Waals surface area contributed by atoms with Gasteiger partial charge in [-0.3, -0.25) is 0 Å². The molecule has 0 aliphatic rings. The molecule has 0 saturated heterocycles. The molecular weight excluding hydrogens is 203 g/mol. The van der Waals surface area contributed by atoms with Crippen LogP contribution in [0.4, 0.5) is 0 Å². The zero-order valence-corrected chi connectivity index (χ0v) is 11.6. The first-order chi connectivity index (χ1) is 5.93. The van der Waals surface area contributed by atoms with E-state index in [0.29, 0.717) is 0 Å². The maximum atomic E-state index is 10.1. The van der Waals surface area contributed by atoms with Crippen molar-refractivity contribution in [3.05, 3.63) is 30.3 Å². The van der Waals surface area contributed by atoms with Crippen LogP contribution in [0.5, 0.6) is 0 Å². The van der Waals surface area contributed by atoms with Crippen molar-refractivity contribution in [1.29, 1.82) is 0 Å². The van der Waals surface area contributed by atoms with E-state index in [0.717, 1.165) is 0 Å². The summed E-state index contributed by atoms with van der Waals surface area (Å²) in [5.41, 5.74) is -0.750. The predicted octanol–water partition coefficient (Wildman–Crippen LogP) is -1.68. The van der Waals surface area contributed by atoms with Crippen LogP contribution in [0.2, 0.25) is 0 Å². The molecule has 4 heteroatoms. The fraction of sp³-hybridized carbons (Fsp3) is 0.400. The van der Waals surface area contributed by atoms with Gasteiger partial charge in [0.15, 0.2) is 0 Å². The Hall–Kier alpha value is 0.834. The van der Waals surface area contributed by atoms with Gasteiger partial charge < -0.3 is 14.2 Å². The molecule has 0 N–H and O–H groups in total. The summed E-state index contributed by atoms with van der Waals surface area (Å²) in [6.45, 7) is 4.90. The van der Waals surface area contributed by atoms with Crippen LogP contribution in [0.1, 0.15) is 20.8 Å². The first-order valence-corrected chi connectivity index (χ1v) is 7.08. The molecule has 0 fully saturated rings. The van der Waals surface area contributed by atoms with Crippen LogP contribution < -0.4 is 27.7 Å². The Morgan fingerprint density at radius 1 is 1.14 bits per heavy atom. The summed E-state index contributed by atoms with van der Waals surface area (Å²) in [7, 11) is 5.67. The summed E-state index contributed by atoms with van der Waals surface area (Å²) in [6, 6.07) is 10.2. The largest absolute Gasteiger partial charge is 1.00 e. The van der Waals surface area contributed by atoms with Gasteiger partial charge in [0, 0.05) is 0 Å². The zero-order valence-electron chi connectivity index (χ0n) is 9.38. The van der Waals surface area contributed by atoms with Crippen molar-refractivity contribution in [2.75, 3.05) is 0 Å². The summed E-state index contributed by atoms with van der Waals surface area (Å²) in [6.07, 6.45) is 0. The SMILES string of the molecule is CC(C)(C)[O-].[Cl][Mg][c]1ccccc1.[Li+]. The van der Waals surface area contributed by atoms with E-state index >= 15 is 0 Å². The summed E-state index contributed by atoms with van der Waals surface area (Å²) in [5, 5.41) is 10.1. The molecule has 0 spiro atoms. The second-order valence-corrected chi connectivity index (χ2v) is 5.62. The van der Waals surface area contributed by atoms with Crippen molar-refractivity contribution in [2.24, 2.45) is 0 Å². The van der Waals surface area contributed by atoms with Crippen molar-refractivity contribution in [1.82, 2.24) is 0 Å². The molecule has 0 aromatic heterocycles. The molecule has 1 aromatic rings. The number of hydrogen-bond donors (Lipinski definition) is 0. The van der Waals surface area contributed by atoms with Crippen LogP contribution in [0, 0.1) is 0 Å². The number of hydrogen-bond acceptors (Lipinski definition) is 1. The Kier molecular flexibility index (Phi) is 11.2. The fourth-order valence-electron chi connectivity index (χ4n) is 0.567. The van der Waals surface area contributed by atoms with Crippen molar-refractivity contribution < 1.29 is 24.0 Å². The third-order valence-electron chi connectivity index (χ3n) is 0.997. The van der Waals surface area contributed by atoms with Crippen molar-refractivity contribution >= 4 is 32.0 Å². The van der Waals surface area contributed by atoms with E-state index in [1.54, 1.807) is 20.8 Å². The van der Waals surface area contributed by atoms with E-state index in [4.69, 9.17) is 9.07 Å². The third-order valence-corrected chi connectivity index (χ3v) is 2.70. The van der Waals surface area contributed by atoms with Crippen molar-refractivity contribution in [3.63, 3.8) is 0 Å². The molecular formula is C10H14ClLiMgO. The molecule has 70 valence electrons. The molecule has 0 radical (unpaired) electrons. The summed E-state index contributed by atoms with van der Waals surface area (Å²) >= 11 is -0.437. The summed E-state index contributed by atoms with van der Waals surface area (Å²) < 4.78 is 1.31. The normalized spacial score (nSPS) is 8.93. The van der Waals surface area contributed by atoms with Crippen molar-refractivity contribution in [2.45, 2.75) is 26.4 Å². The van der Waals surface area contributed by atoms with Crippen LogP contribution in [0.25, 0.3) is 0 Å². The van der Waals surface area contributed by atoms with Gasteiger partial charge in [0.05, 0.1) is 0 Å². The first-order valence-electron chi connectivity index (χ1n) is 4.24. The Morgan fingerprint density at radius 2 is 1.50 bits per heavy atom. The van der Waals surface area contributed by atoms with E-state index < -0.39 is 24.9 Å². The van der Waals surface area contributed by atoms with E-state index in [-0.39, 0.29) is 18.9 Å². The number of benzene rings is 1. The second-order valence-electron chi connectivity index (χ2n) is 3.73. The summed E-state index contributed by atoms with van der Waals surface area (Å²) in [4.78, 5) is 0. The molecule has 0 unspecified atom stereocenters. The van der Waals surface area contributed by atoms with Gasteiger partial charge in [-0.25, -0.2) is 0 Å². The van der Waals surface area contributed by atoms with Gasteiger partial charge in [-0.2, -0.15) is 0 Å². The summed E-state index contributed by atoms with van der Waals surface area (Å²) in [5.74, 6) is 0. The molecule has 0 aliphatic carbocycles. The van der Waals surface area contributed by atoms with E-state index in [1.807, 2.05) is 18.2 Å². The van der Waals surface area contributed by atoms with Gasteiger partial charge in [-0.1, -0.05) is 51.1 Å². The van der Waals surface area contributed by atoms with Gasteiger partial charge in [0.25, 0.3) is 0 Å². The molecule has 0 saturated carbocycles. The van der Waals surface area contributed by atoms with E-state index in [9.17, 15) is 5.11 Å². The molecule has 0 amide bonds. The maximum Gasteiger partial charge on any atom is 1.00 e. The minimum atomic E-state index is -0.750. The van der Waals surface area contributed by atoms with Crippen LogP contribution >= 0.6 is 9.07 Å². The minimum absolute atomic E-state index is 0. The fourth-order valence-corrected chi connectivity index (χ4v) is 1.55. The quantitative estimate of drug-likeness (QED) is 0.515. The van der Waals surface area contributed by atoms with E-state index in [1.165, 1.54) is 3.69 Å². The Balaban J connectivity index is 0. The van der Waals surface area contributed by atoms with Gasteiger partial charge >= 0.3 is 38.1 Å². The Labute approximate surface area is 112 Å². The molecule has 0 bridgehead atoms. The van der Waals surface area contributed by atoms with Gasteiger partial charge in [0.2, 0.25) is 0 Å². The molecule has 0 heterocycles. The topological polar surface area (TPSA) is 23.1 Å². The van der Waals surface area contributed by atoms with Crippen molar-refractivity contribution in [3.8, 4) is 0 Å². The average Bonchev–Trinajstić information content (AvgIpc) is 2.03. The number of rotatable bonds is 1.